The molecule has 0 fully saturated rings. The monoisotopic (exact) mass is 350 g/mol. The first-order valence-electron chi connectivity index (χ1n) is 7.24. The molecule has 1 aromatic carbocycles. The van der Waals surface area contributed by atoms with Gasteiger partial charge in [0.15, 0.2) is 0 Å². The number of para-hydroxylation sites is 1. The van der Waals surface area contributed by atoms with Crippen molar-refractivity contribution < 1.29 is 0 Å². The van der Waals surface area contributed by atoms with Crippen molar-refractivity contribution in [1.82, 2.24) is 15.1 Å². The summed E-state index contributed by atoms with van der Waals surface area (Å²) >= 11 is 3.59. The molecule has 0 aliphatic heterocycles. The number of benzene rings is 1. The van der Waals surface area contributed by atoms with Gasteiger partial charge in [-0.1, -0.05) is 18.2 Å². The lowest BCUT2D eigenvalue weighted by Crippen LogP contribution is -2.24. The van der Waals surface area contributed by atoms with Gasteiger partial charge in [-0.05, 0) is 48.0 Å². The molecule has 5 heteroatoms. The lowest BCUT2D eigenvalue weighted by atomic mass is 10.3. The van der Waals surface area contributed by atoms with E-state index in [-0.39, 0.29) is 0 Å². The Balaban J connectivity index is 1.71. The fraction of sp³-hybridized carbons (Fsp3) is 0.438. The van der Waals surface area contributed by atoms with Crippen LogP contribution in [0.15, 0.2) is 34.8 Å². The average Bonchev–Trinajstić information content (AvgIpc) is 2.73. The molecule has 1 aromatic heterocycles. The summed E-state index contributed by atoms with van der Waals surface area (Å²) in [5.74, 6) is 0. The zero-order valence-corrected chi connectivity index (χ0v) is 14.5. The molecule has 2 aromatic rings. The Morgan fingerprint density at radius 3 is 2.62 bits per heavy atom. The van der Waals surface area contributed by atoms with E-state index in [1.807, 2.05) is 24.7 Å². The molecule has 0 bridgehead atoms. The van der Waals surface area contributed by atoms with E-state index in [1.165, 1.54) is 11.4 Å². The first-order chi connectivity index (χ1) is 10.1. The fourth-order valence-electron chi connectivity index (χ4n) is 2.33. The molecule has 0 amide bonds. The number of nitrogens with one attached hydrogen (secondary N) is 1. The summed E-state index contributed by atoms with van der Waals surface area (Å²) in [6.45, 7) is 4.89. The van der Waals surface area contributed by atoms with Crippen LogP contribution in [0.3, 0.4) is 0 Å². The number of anilines is 1. The predicted molar refractivity (Wildman–Crippen MR) is 91.7 cm³/mol. The number of hydrogen-bond acceptors (Lipinski definition) is 3. The highest BCUT2D eigenvalue weighted by atomic mass is 79.9. The molecule has 0 unspecified atom stereocenters. The van der Waals surface area contributed by atoms with Crippen molar-refractivity contribution in [2.45, 2.75) is 19.9 Å². The summed E-state index contributed by atoms with van der Waals surface area (Å²) in [6, 6.07) is 10.5. The second kappa shape index (κ2) is 7.61. The summed E-state index contributed by atoms with van der Waals surface area (Å²) in [5.41, 5.74) is 3.50. The molecule has 0 aliphatic rings. The van der Waals surface area contributed by atoms with Crippen molar-refractivity contribution in [3.05, 3.63) is 46.2 Å². The zero-order valence-electron chi connectivity index (χ0n) is 12.9. The van der Waals surface area contributed by atoms with Crippen LogP contribution in [0, 0.1) is 6.92 Å². The fourth-order valence-corrected chi connectivity index (χ4v) is 2.81. The number of aromatic nitrogens is 2. The number of nitrogens with zero attached hydrogens (tertiary/aromatic N) is 3. The lowest BCUT2D eigenvalue weighted by Gasteiger charge is -2.19. The van der Waals surface area contributed by atoms with E-state index >= 15 is 0 Å². The van der Waals surface area contributed by atoms with Gasteiger partial charge in [-0.25, -0.2) is 0 Å². The summed E-state index contributed by atoms with van der Waals surface area (Å²) in [7, 11) is 4.12. The van der Waals surface area contributed by atoms with Crippen molar-refractivity contribution in [2.24, 2.45) is 7.05 Å². The van der Waals surface area contributed by atoms with Crippen LogP contribution >= 0.6 is 15.9 Å². The van der Waals surface area contributed by atoms with Crippen molar-refractivity contribution >= 4 is 21.6 Å². The zero-order chi connectivity index (χ0) is 15.2. The van der Waals surface area contributed by atoms with E-state index in [2.05, 4.69) is 62.6 Å². The second-order valence-electron chi connectivity index (χ2n) is 5.26. The molecule has 0 radical (unpaired) electrons. The van der Waals surface area contributed by atoms with Crippen LogP contribution in [-0.4, -0.2) is 29.9 Å². The Morgan fingerprint density at radius 2 is 2.00 bits per heavy atom. The maximum Gasteiger partial charge on any atom is 0.0739 e. The minimum atomic E-state index is 0.840. The Kier molecular flexibility index (Phi) is 5.82. The van der Waals surface area contributed by atoms with E-state index in [1.54, 1.807) is 0 Å². The first kappa shape index (κ1) is 16.0. The molecular weight excluding hydrogens is 328 g/mol. The third kappa shape index (κ3) is 4.32. The number of aryl methyl sites for hydroxylation is 2. The molecule has 2 rings (SSSR count). The molecule has 114 valence electrons. The van der Waals surface area contributed by atoms with E-state index in [4.69, 9.17) is 0 Å². The molecule has 1 heterocycles. The van der Waals surface area contributed by atoms with Gasteiger partial charge < -0.3 is 10.2 Å². The van der Waals surface area contributed by atoms with Crippen LogP contribution in [0.4, 0.5) is 5.69 Å². The van der Waals surface area contributed by atoms with Crippen LogP contribution in [-0.2, 0) is 13.6 Å². The lowest BCUT2D eigenvalue weighted by molar-refractivity contribution is 0.604. The van der Waals surface area contributed by atoms with Crippen LogP contribution in [0.25, 0.3) is 0 Å². The van der Waals surface area contributed by atoms with Crippen LogP contribution < -0.4 is 10.2 Å². The quantitative estimate of drug-likeness (QED) is 0.778. The number of hydrogen-bond donors (Lipinski definition) is 1. The molecule has 0 aliphatic carbocycles. The van der Waals surface area contributed by atoms with E-state index in [0.717, 1.165) is 36.2 Å². The minimum absolute atomic E-state index is 0.840. The molecule has 4 nitrogen and oxygen atoms in total. The van der Waals surface area contributed by atoms with Gasteiger partial charge >= 0.3 is 0 Å². The van der Waals surface area contributed by atoms with Crippen LogP contribution in [0.2, 0.25) is 0 Å². The highest BCUT2D eigenvalue weighted by Gasteiger charge is 2.09. The molecule has 0 saturated carbocycles. The summed E-state index contributed by atoms with van der Waals surface area (Å²) < 4.78 is 3.04. The minimum Gasteiger partial charge on any atom is -0.375 e. The van der Waals surface area contributed by atoms with Gasteiger partial charge in [0.05, 0.1) is 15.9 Å². The van der Waals surface area contributed by atoms with Gasteiger partial charge in [0, 0.05) is 32.9 Å². The topological polar surface area (TPSA) is 33.1 Å². The molecule has 1 N–H and O–H groups in total. The largest absolute Gasteiger partial charge is 0.375 e. The van der Waals surface area contributed by atoms with E-state index in [9.17, 15) is 0 Å². The van der Waals surface area contributed by atoms with Gasteiger partial charge in [-0.2, -0.15) is 5.10 Å². The number of rotatable bonds is 7. The Bertz CT molecular complexity index is 565. The van der Waals surface area contributed by atoms with E-state index in [0.29, 0.717) is 0 Å². The standard InChI is InChI=1S/C16H23BrN4/c1-13-16(17)15(21(3)19-13)12-18-10-7-11-20(2)14-8-5-4-6-9-14/h4-6,8-9,18H,7,10-12H2,1-3H3. The van der Waals surface area contributed by atoms with E-state index < -0.39 is 0 Å². The summed E-state index contributed by atoms with van der Waals surface area (Å²) in [6.07, 6.45) is 1.11. The third-order valence-corrected chi connectivity index (χ3v) is 4.63. The smallest absolute Gasteiger partial charge is 0.0739 e. The summed E-state index contributed by atoms with van der Waals surface area (Å²) in [5, 5.41) is 7.88. The molecule has 0 spiro atoms. The second-order valence-corrected chi connectivity index (χ2v) is 6.05. The van der Waals surface area contributed by atoms with Gasteiger partial charge in [0.1, 0.15) is 0 Å². The van der Waals surface area contributed by atoms with Gasteiger partial charge in [0.2, 0.25) is 0 Å². The van der Waals surface area contributed by atoms with Crippen molar-refractivity contribution in [3.63, 3.8) is 0 Å². The third-order valence-electron chi connectivity index (χ3n) is 3.60. The normalized spacial score (nSPS) is 10.9. The highest BCUT2D eigenvalue weighted by Crippen LogP contribution is 2.19. The van der Waals surface area contributed by atoms with Gasteiger partial charge in [0.25, 0.3) is 0 Å². The Labute approximate surface area is 135 Å². The first-order valence-corrected chi connectivity index (χ1v) is 8.03. The predicted octanol–water partition coefficient (Wildman–Crippen LogP) is 3.11. The Morgan fingerprint density at radius 1 is 1.29 bits per heavy atom. The number of halogens is 1. The maximum atomic E-state index is 4.40. The van der Waals surface area contributed by atoms with Crippen molar-refractivity contribution in [3.8, 4) is 0 Å². The molecule has 0 atom stereocenters. The average molecular weight is 351 g/mol. The van der Waals surface area contributed by atoms with Crippen molar-refractivity contribution in [2.75, 3.05) is 25.0 Å². The summed E-state index contributed by atoms with van der Waals surface area (Å²) in [4.78, 5) is 2.28. The highest BCUT2D eigenvalue weighted by molar-refractivity contribution is 9.10. The van der Waals surface area contributed by atoms with Gasteiger partial charge in [-0.3, -0.25) is 4.68 Å². The van der Waals surface area contributed by atoms with Gasteiger partial charge in [-0.15, -0.1) is 0 Å². The molecular formula is C16H23BrN4. The van der Waals surface area contributed by atoms with Crippen LogP contribution in [0.5, 0.6) is 0 Å². The maximum absolute atomic E-state index is 4.40. The van der Waals surface area contributed by atoms with Crippen molar-refractivity contribution in [1.29, 1.82) is 0 Å². The molecule has 21 heavy (non-hydrogen) atoms. The van der Waals surface area contributed by atoms with Crippen LogP contribution in [0.1, 0.15) is 17.8 Å². The Hall–Kier alpha value is -1.33. The SMILES string of the molecule is Cc1nn(C)c(CNCCCN(C)c2ccccc2)c1Br. The molecule has 0 saturated heterocycles.